The number of aromatic nitrogens is 2. The van der Waals surface area contributed by atoms with E-state index in [0.717, 1.165) is 54.8 Å². The van der Waals surface area contributed by atoms with Gasteiger partial charge in [0.05, 0.1) is 27.5 Å². The first-order valence-corrected chi connectivity index (χ1v) is 24.3. The number of anilines is 1. The largest absolute Gasteiger partial charge is 0.508 e. The maximum atomic E-state index is 10.0. The summed E-state index contributed by atoms with van der Waals surface area (Å²) in [6.45, 7) is 28.0. The summed E-state index contributed by atoms with van der Waals surface area (Å²) in [7, 11) is 1.67. The highest BCUT2D eigenvalue weighted by atomic mass is 32.1. The predicted molar refractivity (Wildman–Crippen MR) is 289 cm³/mol. The van der Waals surface area contributed by atoms with E-state index in [9.17, 15) is 9.90 Å². The highest BCUT2D eigenvalue weighted by molar-refractivity contribution is 7.80. The summed E-state index contributed by atoms with van der Waals surface area (Å²) in [5.74, 6) is 1.33. The van der Waals surface area contributed by atoms with E-state index in [-0.39, 0.29) is 11.5 Å². The molecule has 4 N–H and O–H groups in total. The van der Waals surface area contributed by atoms with Crippen molar-refractivity contribution in [3.8, 4) is 38.4 Å². The molecule has 0 atom stereocenters. The number of thiol groups is 1. The fraction of sp³-hybridized carbons (Fsp3) is 0.278. The molecule has 0 amide bonds. The van der Waals surface area contributed by atoms with Gasteiger partial charge in [-0.05, 0) is 109 Å². The Kier molecular flexibility index (Phi) is 40.4. The number of phenols is 2. The van der Waals surface area contributed by atoms with Gasteiger partial charge in [-0.15, -0.1) is 35.3 Å². The van der Waals surface area contributed by atoms with Gasteiger partial charge in [-0.25, -0.2) is 9.97 Å². The van der Waals surface area contributed by atoms with Crippen LogP contribution in [0.1, 0.15) is 107 Å². The Hall–Kier alpha value is -5.68. The second kappa shape index (κ2) is 41.3. The van der Waals surface area contributed by atoms with E-state index in [1.165, 1.54) is 21.5 Å². The van der Waals surface area contributed by atoms with Crippen molar-refractivity contribution >= 4 is 67.7 Å². The molecule has 0 saturated carbocycles. The van der Waals surface area contributed by atoms with Gasteiger partial charge in [0.1, 0.15) is 33.5 Å². The third-order valence-electron chi connectivity index (χ3n) is 7.00. The van der Waals surface area contributed by atoms with Gasteiger partial charge in [-0.3, -0.25) is 4.79 Å². The van der Waals surface area contributed by atoms with Crippen LogP contribution in [0.25, 0.3) is 41.6 Å². The lowest BCUT2D eigenvalue weighted by atomic mass is 10.2. The SMILES string of the molecule is CC.CC.CC.CC.CC.CC.CC.COc1ccc(-c2nc3ccccc3s2)cc1.Nc1ccccc1S.O=Cc1ccc(O)cc1.Oc1ccc(-c2nc3ccccc3s2)cc1. The maximum absolute atomic E-state index is 10.0. The van der Waals surface area contributed by atoms with Crippen molar-refractivity contribution in [1.29, 1.82) is 0 Å². The van der Waals surface area contributed by atoms with E-state index in [1.807, 2.05) is 194 Å². The van der Waals surface area contributed by atoms with Crippen LogP contribution in [0.2, 0.25) is 0 Å². The second-order valence-electron chi connectivity index (χ2n) is 10.5. The van der Waals surface area contributed by atoms with Gasteiger partial charge in [0.25, 0.3) is 0 Å². The van der Waals surface area contributed by atoms with Crippen molar-refractivity contribution in [2.24, 2.45) is 0 Å². The molecule has 0 saturated heterocycles. The molecule has 0 spiro atoms. The van der Waals surface area contributed by atoms with E-state index in [2.05, 4.69) is 34.7 Å². The number of thiazole rings is 2. The number of methoxy groups -OCH3 is 1. The van der Waals surface area contributed by atoms with Crippen molar-refractivity contribution in [3.05, 3.63) is 151 Å². The van der Waals surface area contributed by atoms with Gasteiger partial charge in [0, 0.05) is 27.3 Å². The van der Waals surface area contributed by atoms with Crippen LogP contribution in [0.5, 0.6) is 17.2 Å². The van der Waals surface area contributed by atoms with Crippen LogP contribution in [-0.4, -0.2) is 33.6 Å². The third kappa shape index (κ3) is 23.7. The van der Waals surface area contributed by atoms with Crippen molar-refractivity contribution in [3.63, 3.8) is 0 Å². The summed E-state index contributed by atoms with van der Waals surface area (Å²) in [5.41, 5.74) is 11.0. The maximum Gasteiger partial charge on any atom is 0.150 e. The van der Waals surface area contributed by atoms with Gasteiger partial charge in [0.15, 0.2) is 0 Å². The number of carbonyl (C=O) groups is 1. The first-order chi connectivity index (χ1) is 31.3. The lowest BCUT2D eigenvalue weighted by Gasteiger charge is -1.99. The summed E-state index contributed by atoms with van der Waals surface area (Å²) >= 11 is 7.45. The van der Waals surface area contributed by atoms with Crippen LogP contribution >= 0.6 is 35.3 Å². The fourth-order valence-electron chi connectivity index (χ4n) is 4.37. The number of phenolic OH excluding ortho intramolecular Hbond substituents is 2. The Morgan fingerprint density at radius 1 is 0.500 bits per heavy atom. The van der Waals surface area contributed by atoms with Gasteiger partial charge in [-0.1, -0.05) is 133 Å². The Morgan fingerprint density at radius 2 is 0.844 bits per heavy atom. The lowest BCUT2D eigenvalue weighted by Crippen LogP contribution is -1.83. The highest BCUT2D eigenvalue weighted by Crippen LogP contribution is 2.32. The van der Waals surface area contributed by atoms with E-state index >= 15 is 0 Å². The molecular weight excluding hydrogens is 851 g/mol. The van der Waals surface area contributed by atoms with E-state index in [1.54, 1.807) is 54.0 Å². The van der Waals surface area contributed by atoms with Crippen LogP contribution in [0, 0.1) is 0 Å². The van der Waals surface area contributed by atoms with Crippen molar-refractivity contribution in [2.45, 2.75) is 102 Å². The molecule has 0 aliphatic heterocycles. The minimum absolute atomic E-state index is 0.181. The number of nitrogen functional groups attached to an aromatic ring is 1. The van der Waals surface area contributed by atoms with Gasteiger partial charge >= 0.3 is 0 Å². The lowest BCUT2D eigenvalue weighted by molar-refractivity contribution is 0.112. The zero-order valence-electron chi connectivity index (χ0n) is 40.9. The smallest absolute Gasteiger partial charge is 0.150 e. The third-order valence-corrected chi connectivity index (χ3v) is 9.58. The molecule has 8 aromatic rings. The number of carbonyl (C=O) groups excluding carboxylic acids is 1. The number of fused-ring (bicyclic) bond motifs is 2. The molecular formula is C54H75N3O4S3. The first-order valence-electron chi connectivity index (χ1n) is 22.3. The Morgan fingerprint density at radius 3 is 1.17 bits per heavy atom. The van der Waals surface area contributed by atoms with Crippen LogP contribution in [0.3, 0.4) is 0 Å². The van der Waals surface area contributed by atoms with E-state index < -0.39 is 0 Å². The zero-order chi connectivity index (χ0) is 49.3. The summed E-state index contributed by atoms with van der Waals surface area (Å²) in [6, 6.07) is 44.9. The molecule has 2 heterocycles. The molecule has 64 heavy (non-hydrogen) atoms. The molecule has 0 bridgehead atoms. The molecule has 8 rings (SSSR count). The van der Waals surface area contributed by atoms with E-state index in [0.29, 0.717) is 5.56 Å². The Labute approximate surface area is 399 Å². The Bertz CT molecular complexity index is 2180. The van der Waals surface area contributed by atoms with Crippen LogP contribution in [-0.2, 0) is 0 Å². The van der Waals surface area contributed by atoms with Crippen LogP contribution in [0.4, 0.5) is 5.69 Å². The minimum atomic E-state index is 0.181. The first kappa shape index (κ1) is 62.6. The van der Waals surface area contributed by atoms with Gasteiger partial charge in [-0.2, -0.15) is 0 Å². The molecule has 2 aromatic heterocycles. The quantitative estimate of drug-likeness (QED) is 0.0788. The zero-order valence-corrected chi connectivity index (χ0v) is 43.4. The number of aromatic hydroxyl groups is 2. The van der Waals surface area contributed by atoms with Gasteiger partial charge in [0.2, 0.25) is 0 Å². The molecule has 0 aliphatic carbocycles. The number of para-hydroxylation sites is 3. The number of ether oxygens (including phenoxy) is 1. The average molecular weight is 926 g/mol. The molecule has 0 unspecified atom stereocenters. The fourth-order valence-corrected chi connectivity index (χ4v) is 6.47. The molecule has 348 valence electrons. The van der Waals surface area contributed by atoms with Crippen LogP contribution < -0.4 is 10.5 Å². The number of benzene rings is 6. The number of nitrogens with zero attached hydrogens (tertiary/aromatic N) is 2. The molecule has 6 aromatic carbocycles. The van der Waals surface area contributed by atoms with Crippen molar-refractivity contribution in [2.75, 3.05) is 12.8 Å². The number of hydrogen-bond acceptors (Lipinski definition) is 10. The standard InChI is InChI=1S/C14H11NOS.C13H9NOS.C7H6O2.C6H7NS.7C2H6/c1-16-11-8-6-10(7-9-11)14-15-12-4-2-3-5-13(12)17-14;15-10-7-5-9(6-8-10)13-14-11-3-1-2-4-12(11)16-13;8-5-6-1-3-7(9)4-2-6;7-5-3-1-2-4-6(5)8;7*1-2/h2-9H,1H3;1-8,15H;1-5,9H;1-4,8H,7H2;7*1-2H3. The van der Waals surface area contributed by atoms with Crippen molar-refractivity contribution in [1.82, 2.24) is 9.97 Å². The topological polar surface area (TPSA) is 119 Å². The van der Waals surface area contributed by atoms with Crippen LogP contribution in [0.15, 0.2) is 150 Å². The average Bonchev–Trinajstić information content (AvgIpc) is 4.03. The number of aldehydes is 1. The molecule has 0 fully saturated rings. The normalized spacial score (nSPS) is 8.56. The minimum Gasteiger partial charge on any atom is -0.508 e. The molecule has 0 aliphatic rings. The summed E-state index contributed by atoms with van der Waals surface area (Å²) in [4.78, 5) is 20.0. The molecule has 0 radical (unpaired) electrons. The summed E-state index contributed by atoms with van der Waals surface area (Å²) in [6.07, 6.45) is 0.736. The summed E-state index contributed by atoms with van der Waals surface area (Å²) in [5, 5.41) is 20.0. The summed E-state index contributed by atoms with van der Waals surface area (Å²) < 4.78 is 7.55. The Balaban J connectivity index is -0.000000731. The second-order valence-corrected chi connectivity index (χ2v) is 13.1. The molecule has 10 heteroatoms. The monoisotopic (exact) mass is 925 g/mol. The van der Waals surface area contributed by atoms with E-state index in [4.69, 9.17) is 15.6 Å². The number of rotatable bonds is 4. The predicted octanol–water partition coefficient (Wildman–Crippen LogP) is 17.6. The number of hydrogen-bond donors (Lipinski definition) is 4. The highest BCUT2D eigenvalue weighted by Gasteiger charge is 2.06. The molecule has 7 nitrogen and oxygen atoms in total. The van der Waals surface area contributed by atoms with Crippen molar-refractivity contribution < 1.29 is 19.7 Å². The van der Waals surface area contributed by atoms with Gasteiger partial charge < -0.3 is 20.7 Å². The number of nitrogens with two attached hydrogens (primary N) is 1.